The summed E-state index contributed by atoms with van der Waals surface area (Å²) >= 11 is 1.54. The Morgan fingerprint density at radius 1 is 1.09 bits per heavy atom. The van der Waals surface area contributed by atoms with Crippen LogP contribution in [-0.4, -0.2) is 23.2 Å². The van der Waals surface area contributed by atoms with E-state index in [9.17, 15) is 18.0 Å². The lowest BCUT2D eigenvalue weighted by Crippen LogP contribution is -2.34. The van der Waals surface area contributed by atoms with Gasteiger partial charge in [0.25, 0.3) is 0 Å². The fourth-order valence-electron chi connectivity index (χ4n) is 2.36. The molecule has 2 aromatic rings. The summed E-state index contributed by atoms with van der Waals surface area (Å²) < 4.78 is 39.6. The van der Waals surface area contributed by atoms with Gasteiger partial charge in [-0.15, -0.1) is 11.8 Å². The smallest absolute Gasteiger partial charge is 0.308 e. The van der Waals surface area contributed by atoms with Crippen molar-refractivity contribution in [2.45, 2.75) is 5.37 Å². The monoisotopic (exact) mass is 338 g/mol. The topological polar surface area (TPSA) is 32.3 Å². The summed E-state index contributed by atoms with van der Waals surface area (Å²) in [4.78, 5) is 13.9. The summed E-state index contributed by atoms with van der Waals surface area (Å²) in [6, 6.07) is 8.41. The number of carbonyl (C=O) groups is 1. The number of urea groups is 1. The Morgan fingerprint density at radius 3 is 2.48 bits per heavy atom. The van der Waals surface area contributed by atoms with Crippen molar-refractivity contribution in [2.24, 2.45) is 0 Å². The maximum atomic E-state index is 13.6. The highest BCUT2D eigenvalue weighted by molar-refractivity contribution is 7.99. The van der Waals surface area contributed by atoms with E-state index in [1.165, 1.54) is 18.2 Å². The second-order valence-electron chi connectivity index (χ2n) is 5.02. The standard InChI is InChI=1S/C16H13F3N2OS/c17-11-3-1-10(2-4-11)15-21(7-8-23-15)16(22)20-14-6-5-12(18)9-13(14)19/h1-6,9,15H,7-8H2,(H,20,22). The number of benzene rings is 2. The van der Waals surface area contributed by atoms with Gasteiger partial charge >= 0.3 is 6.03 Å². The molecule has 0 radical (unpaired) electrons. The molecular weight excluding hydrogens is 325 g/mol. The molecule has 1 unspecified atom stereocenters. The third-order valence-corrected chi connectivity index (χ3v) is 4.74. The molecule has 0 bridgehead atoms. The van der Waals surface area contributed by atoms with E-state index in [1.54, 1.807) is 28.8 Å². The van der Waals surface area contributed by atoms with E-state index >= 15 is 0 Å². The zero-order valence-electron chi connectivity index (χ0n) is 11.9. The minimum atomic E-state index is -0.830. The Morgan fingerprint density at radius 2 is 1.78 bits per heavy atom. The Kier molecular flexibility index (Phi) is 4.47. The Labute approximate surface area is 135 Å². The molecule has 1 N–H and O–H groups in total. The first-order chi connectivity index (χ1) is 11.0. The van der Waals surface area contributed by atoms with Gasteiger partial charge in [0.15, 0.2) is 0 Å². The van der Waals surface area contributed by atoms with Crippen LogP contribution >= 0.6 is 11.8 Å². The number of nitrogens with zero attached hydrogens (tertiary/aromatic N) is 1. The van der Waals surface area contributed by atoms with Crippen molar-refractivity contribution >= 4 is 23.5 Å². The van der Waals surface area contributed by atoms with Crippen LogP contribution < -0.4 is 5.32 Å². The van der Waals surface area contributed by atoms with E-state index in [2.05, 4.69) is 5.32 Å². The van der Waals surface area contributed by atoms with E-state index in [-0.39, 0.29) is 16.9 Å². The van der Waals surface area contributed by atoms with E-state index < -0.39 is 17.7 Å². The zero-order chi connectivity index (χ0) is 16.4. The van der Waals surface area contributed by atoms with Crippen molar-refractivity contribution in [2.75, 3.05) is 17.6 Å². The SMILES string of the molecule is O=C(Nc1ccc(F)cc1F)N1CCSC1c1ccc(F)cc1. The van der Waals surface area contributed by atoms with Gasteiger partial charge in [-0.05, 0) is 29.8 Å². The molecule has 3 nitrogen and oxygen atoms in total. The number of carbonyl (C=O) groups excluding carboxylic acids is 1. The highest BCUT2D eigenvalue weighted by atomic mass is 32.2. The zero-order valence-corrected chi connectivity index (χ0v) is 12.7. The highest BCUT2D eigenvalue weighted by Gasteiger charge is 2.31. The van der Waals surface area contributed by atoms with Crippen LogP contribution in [0, 0.1) is 17.5 Å². The fourth-order valence-corrected chi connectivity index (χ4v) is 3.62. The van der Waals surface area contributed by atoms with Crippen LogP contribution in [-0.2, 0) is 0 Å². The minimum Gasteiger partial charge on any atom is -0.308 e. The second-order valence-corrected chi connectivity index (χ2v) is 6.21. The van der Waals surface area contributed by atoms with Crippen LogP contribution in [0.2, 0.25) is 0 Å². The van der Waals surface area contributed by atoms with Crippen molar-refractivity contribution in [3.63, 3.8) is 0 Å². The lowest BCUT2D eigenvalue weighted by atomic mass is 10.2. The minimum absolute atomic E-state index is 0.0776. The molecular formula is C16H13F3N2OS. The number of nitrogens with one attached hydrogen (secondary N) is 1. The molecule has 0 aromatic heterocycles. The fraction of sp³-hybridized carbons (Fsp3) is 0.188. The molecule has 1 aliphatic heterocycles. The lowest BCUT2D eigenvalue weighted by Gasteiger charge is -2.24. The Hall–Kier alpha value is -2.15. The molecule has 2 aromatic carbocycles. The van der Waals surface area contributed by atoms with Gasteiger partial charge in [0, 0.05) is 18.4 Å². The average molecular weight is 338 g/mol. The molecule has 0 spiro atoms. The molecule has 1 fully saturated rings. The molecule has 1 heterocycles. The summed E-state index contributed by atoms with van der Waals surface area (Å²) in [5, 5.41) is 2.18. The molecule has 0 aliphatic carbocycles. The lowest BCUT2D eigenvalue weighted by molar-refractivity contribution is 0.214. The number of halogens is 3. The summed E-state index contributed by atoms with van der Waals surface area (Å²) in [7, 11) is 0. The number of hydrogen-bond donors (Lipinski definition) is 1. The normalized spacial score (nSPS) is 17.3. The van der Waals surface area contributed by atoms with Gasteiger partial charge in [0.05, 0.1) is 5.69 Å². The number of hydrogen-bond acceptors (Lipinski definition) is 2. The van der Waals surface area contributed by atoms with Crippen LogP contribution in [0.25, 0.3) is 0 Å². The number of anilines is 1. The number of amides is 2. The third-order valence-electron chi connectivity index (χ3n) is 3.48. The number of thioether (sulfide) groups is 1. The summed E-state index contributed by atoms with van der Waals surface area (Å²) in [5.41, 5.74) is 0.717. The van der Waals surface area contributed by atoms with E-state index in [1.807, 2.05) is 0 Å². The van der Waals surface area contributed by atoms with Gasteiger partial charge in [-0.3, -0.25) is 0 Å². The van der Waals surface area contributed by atoms with Crippen LogP contribution in [0.3, 0.4) is 0 Å². The summed E-state index contributed by atoms with van der Waals surface area (Å²) in [5.74, 6) is -1.16. The van der Waals surface area contributed by atoms with Crippen LogP contribution in [0.1, 0.15) is 10.9 Å². The average Bonchev–Trinajstić information content (AvgIpc) is 3.00. The second kappa shape index (κ2) is 6.54. The predicted octanol–water partition coefficient (Wildman–Crippen LogP) is 4.38. The van der Waals surface area contributed by atoms with E-state index in [0.29, 0.717) is 12.6 Å². The third kappa shape index (κ3) is 3.44. The number of rotatable bonds is 2. The van der Waals surface area contributed by atoms with Crippen molar-refractivity contribution in [1.82, 2.24) is 4.90 Å². The molecule has 3 rings (SSSR count). The Bertz CT molecular complexity index is 724. The van der Waals surface area contributed by atoms with Gasteiger partial charge < -0.3 is 10.2 Å². The molecule has 23 heavy (non-hydrogen) atoms. The first-order valence-corrected chi connectivity index (χ1v) is 7.99. The summed E-state index contributed by atoms with van der Waals surface area (Å²) in [6.07, 6.45) is 0. The van der Waals surface area contributed by atoms with Gasteiger partial charge in [-0.2, -0.15) is 0 Å². The van der Waals surface area contributed by atoms with Crippen LogP contribution in [0.5, 0.6) is 0 Å². The van der Waals surface area contributed by atoms with Crippen molar-refractivity contribution in [3.8, 4) is 0 Å². The predicted molar refractivity (Wildman–Crippen MR) is 83.7 cm³/mol. The van der Waals surface area contributed by atoms with Gasteiger partial charge in [-0.25, -0.2) is 18.0 Å². The van der Waals surface area contributed by atoms with Crippen molar-refractivity contribution in [1.29, 1.82) is 0 Å². The van der Waals surface area contributed by atoms with Gasteiger partial charge in [-0.1, -0.05) is 12.1 Å². The van der Waals surface area contributed by atoms with Crippen LogP contribution in [0.15, 0.2) is 42.5 Å². The molecule has 120 valence electrons. The molecule has 2 amide bonds. The summed E-state index contributed by atoms with van der Waals surface area (Å²) in [6.45, 7) is 0.487. The maximum absolute atomic E-state index is 13.6. The molecule has 0 saturated carbocycles. The maximum Gasteiger partial charge on any atom is 0.323 e. The Balaban J connectivity index is 1.76. The van der Waals surface area contributed by atoms with Crippen molar-refractivity contribution in [3.05, 3.63) is 65.5 Å². The quantitative estimate of drug-likeness (QED) is 0.881. The van der Waals surface area contributed by atoms with E-state index in [4.69, 9.17) is 0 Å². The van der Waals surface area contributed by atoms with Gasteiger partial charge in [0.2, 0.25) is 0 Å². The first kappa shape index (κ1) is 15.7. The molecule has 1 aliphatic rings. The molecule has 7 heteroatoms. The first-order valence-electron chi connectivity index (χ1n) is 6.94. The van der Waals surface area contributed by atoms with E-state index in [0.717, 1.165) is 17.4 Å². The highest BCUT2D eigenvalue weighted by Crippen LogP contribution is 2.38. The van der Waals surface area contributed by atoms with Crippen molar-refractivity contribution < 1.29 is 18.0 Å². The largest absolute Gasteiger partial charge is 0.323 e. The molecule has 1 saturated heterocycles. The van der Waals surface area contributed by atoms with Crippen LogP contribution in [0.4, 0.5) is 23.7 Å². The van der Waals surface area contributed by atoms with Gasteiger partial charge in [0.1, 0.15) is 22.8 Å². The molecule has 1 atom stereocenters.